The van der Waals surface area contributed by atoms with Crippen LogP contribution in [0.5, 0.6) is 0 Å². The lowest BCUT2D eigenvalue weighted by Crippen LogP contribution is -2.27. The number of nitriles is 1. The lowest BCUT2D eigenvalue weighted by Gasteiger charge is -2.14. The Labute approximate surface area is 144 Å². The molecule has 0 aliphatic heterocycles. The minimum Gasteiger partial charge on any atom is -0.290 e. The van der Waals surface area contributed by atoms with Crippen LogP contribution < -0.4 is 5.56 Å². The molecule has 0 saturated carbocycles. The smallest absolute Gasteiger partial charge is 0.272 e. The van der Waals surface area contributed by atoms with Crippen LogP contribution in [0, 0.1) is 11.3 Å². The molecule has 5 heteroatoms. The highest BCUT2D eigenvalue weighted by Gasteiger charge is 2.18. The standard InChI is InChI=1S/C19H14ClN3O/c20-11-12-23-18(15-9-5-2-6-10-15)22-17(16(13-21)19(23)24)14-7-3-1-4-8-14/h1-10H,11-12H2. The van der Waals surface area contributed by atoms with Gasteiger partial charge in [-0.15, -0.1) is 11.6 Å². The average molecular weight is 336 g/mol. The zero-order valence-corrected chi connectivity index (χ0v) is 13.6. The molecule has 0 amide bonds. The molecule has 1 heterocycles. The van der Waals surface area contributed by atoms with Gasteiger partial charge in [-0.25, -0.2) is 4.98 Å². The number of alkyl halides is 1. The van der Waals surface area contributed by atoms with Crippen molar-refractivity contribution >= 4 is 11.6 Å². The fraction of sp³-hybridized carbons (Fsp3) is 0.105. The molecule has 3 aromatic rings. The number of aromatic nitrogens is 2. The van der Waals surface area contributed by atoms with Crippen LogP contribution in [0.25, 0.3) is 22.6 Å². The lowest BCUT2D eigenvalue weighted by atomic mass is 10.1. The number of hydrogen-bond donors (Lipinski definition) is 0. The van der Waals surface area contributed by atoms with Gasteiger partial charge in [0.15, 0.2) is 0 Å². The molecule has 0 N–H and O–H groups in total. The van der Waals surface area contributed by atoms with Crippen LogP contribution in [0.1, 0.15) is 5.56 Å². The third-order valence-corrected chi connectivity index (χ3v) is 3.84. The number of benzene rings is 2. The fourth-order valence-electron chi connectivity index (χ4n) is 2.56. The van der Waals surface area contributed by atoms with Crippen molar-refractivity contribution in [2.24, 2.45) is 0 Å². The zero-order valence-electron chi connectivity index (χ0n) is 12.8. The van der Waals surface area contributed by atoms with Crippen LogP contribution in [-0.4, -0.2) is 15.4 Å². The quantitative estimate of drug-likeness (QED) is 0.683. The average Bonchev–Trinajstić information content (AvgIpc) is 2.64. The predicted octanol–water partition coefficient (Wildman–Crippen LogP) is 3.69. The van der Waals surface area contributed by atoms with E-state index in [-0.39, 0.29) is 17.0 Å². The van der Waals surface area contributed by atoms with Gasteiger partial charge in [-0.05, 0) is 0 Å². The summed E-state index contributed by atoms with van der Waals surface area (Å²) in [6, 6.07) is 20.7. The monoisotopic (exact) mass is 335 g/mol. The summed E-state index contributed by atoms with van der Waals surface area (Å²) in [6.07, 6.45) is 0. The van der Waals surface area contributed by atoms with E-state index in [1.807, 2.05) is 66.7 Å². The molecule has 1 aromatic heterocycles. The van der Waals surface area contributed by atoms with Gasteiger partial charge in [0.05, 0.1) is 5.69 Å². The van der Waals surface area contributed by atoms with Gasteiger partial charge in [-0.1, -0.05) is 60.7 Å². The normalized spacial score (nSPS) is 10.3. The van der Waals surface area contributed by atoms with E-state index in [2.05, 4.69) is 4.98 Å². The summed E-state index contributed by atoms with van der Waals surface area (Å²) in [6.45, 7) is 0.293. The lowest BCUT2D eigenvalue weighted by molar-refractivity contribution is 0.721. The van der Waals surface area contributed by atoms with Gasteiger partial charge >= 0.3 is 0 Å². The van der Waals surface area contributed by atoms with Gasteiger partial charge in [0, 0.05) is 23.6 Å². The van der Waals surface area contributed by atoms with Gasteiger partial charge < -0.3 is 0 Å². The molecule has 0 spiro atoms. The van der Waals surface area contributed by atoms with Crippen LogP contribution >= 0.6 is 11.6 Å². The SMILES string of the molecule is N#Cc1c(-c2ccccc2)nc(-c2ccccc2)n(CCCl)c1=O. The van der Waals surface area contributed by atoms with Crippen molar-refractivity contribution in [2.75, 3.05) is 5.88 Å². The maximum absolute atomic E-state index is 12.8. The van der Waals surface area contributed by atoms with E-state index < -0.39 is 0 Å². The van der Waals surface area contributed by atoms with Gasteiger partial charge in [0.25, 0.3) is 5.56 Å². The summed E-state index contributed by atoms with van der Waals surface area (Å²) < 4.78 is 1.47. The first-order chi connectivity index (χ1) is 11.8. The molecule has 2 aromatic carbocycles. The van der Waals surface area contributed by atoms with Gasteiger partial charge in [-0.2, -0.15) is 5.26 Å². The maximum Gasteiger partial charge on any atom is 0.272 e. The third kappa shape index (κ3) is 2.94. The molecule has 24 heavy (non-hydrogen) atoms. The van der Waals surface area contributed by atoms with Crippen molar-refractivity contribution in [3.8, 4) is 28.7 Å². The Kier molecular flexibility index (Phi) is 4.74. The molecule has 0 atom stereocenters. The maximum atomic E-state index is 12.8. The molecule has 118 valence electrons. The molecule has 0 unspecified atom stereocenters. The highest BCUT2D eigenvalue weighted by Crippen LogP contribution is 2.23. The summed E-state index contributed by atoms with van der Waals surface area (Å²) in [5.74, 6) is 0.774. The molecule has 3 rings (SSSR count). The first-order valence-electron chi connectivity index (χ1n) is 7.48. The summed E-state index contributed by atoms with van der Waals surface area (Å²) in [4.78, 5) is 17.5. The van der Waals surface area contributed by atoms with E-state index in [9.17, 15) is 10.1 Å². The second kappa shape index (κ2) is 7.12. The Hall–Kier alpha value is -2.90. The molecular weight excluding hydrogens is 322 g/mol. The molecule has 0 saturated heterocycles. The number of halogens is 1. The fourth-order valence-corrected chi connectivity index (χ4v) is 2.73. The van der Waals surface area contributed by atoms with E-state index in [4.69, 9.17) is 11.6 Å². The van der Waals surface area contributed by atoms with Crippen molar-refractivity contribution in [1.82, 2.24) is 9.55 Å². The second-order valence-electron chi connectivity index (χ2n) is 5.15. The van der Waals surface area contributed by atoms with Crippen molar-refractivity contribution in [2.45, 2.75) is 6.54 Å². The van der Waals surface area contributed by atoms with E-state index >= 15 is 0 Å². The van der Waals surface area contributed by atoms with Gasteiger partial charge in [0.2, 0.25) is 0 Å². The minimum atomic E-state index is -0.370. The molecule has 0 radical (unpaired) electrons. The summed E-state index contributed by atoms with van der Waals surface area (Å²) in [7, 11) is 0. The second-order valence-corrected chi connectivity index (χ2v) is 5.53. The highest BCUT2D eigenvalue weighted by molar-refractivity contribution is 6.17. The van der Waals surface area contributed by atoms with Crippen molar-refractivity contribution in [3.63, 3.8) is 0 Å². The van der Waals surface area contributed by atoms with Crippen LogP contribution in [0.3, 0.4) is 0 Å². The Bertz CT molecular complexity index is 944. The van der Waals surface area contributed by atoms with Gasteiger partial charge in [-0.3, -0.25) is 9.36 Å². The van der Waals surface area contributed by atoms with Crippen LogP contribution in [0.15, 0.2) is 65.5 Å². The van der Waals surface area contributed by atoms with E-state index in [0.29, 0.717) is 18.1 Å². The van der Waals surface area contributed by atoms with E-state index in [0.717, 1.165) is 11.1 Å². The molecule has 0 bridgehead atoms. The number of hydrogen-bond acceptors (Lipinski definition) is 3. The van der Waals surface area contributed by atoms with Crippen molar-refractivity contribution in [3.05, 3.63) is 76.6 Å². The van der Waals surface area contributed by atoms with Crippen LogP contribution in [0.4, 0.5) is 0 Å². The first kappa shape index (κ1) is 16.0. The Balaban J connectivity index is 2.35. The minimum absolute atomic E-state index is 0.0333. The van der Waals surface area contributed by atoms with Crippen LogP contribution in [-0.2, 0) is 6.54 Å². The van der Waals surface area contributed by atoms with E-state index in [1.165, 1.54) is 4.57 Å². The van der Waals surface area contributed by atoms with Crippen LogP contribution in [0.2, 0.25) is 0 Å². The zero-order chi connectivity index (χ0) is 16.9. The topological polar surface area (TPSA) is 58.7 Å². The number of nitrogens with zero attached hydrogens (tertiary/aromatic N) is 3. The van der Waals surface area contributed by atoms with Crippen molar-refractivity contribution in [1.29, 1.82) is 5.26 Å². The first-order valence-corrected chi connectivity index (χ1v) is 8.01. The van der Waals surface area contributed by atoms with Crippen molar-refractivity contribution < 1.29 is 0 Å². The Morgan fingerprint density at radius 2 is 1.58 bits per heavy atom. The third-order valence-electron chi connectivity index (χ3n) is 3.67. The molecule has 0 fully saturated rings. The molecule has 0 aliphatic carbocycles. The van der Waals surface area contributed by atoms with Gasteiger partial charge in [0.1, 0.15) is 17.5 Å². The Morgan fingerprint density at radius 1 is 1.00 bits per heavy atom. The summed E-state index contributed by atoms with van der Waals surface area (Å²) in [5.41, 5.74) is 1.60. The Morgan fingerprint density at radius 3 is 2.12 bits per heavy atom. The summed E-state index contributed by atoms with van der Waals surface area (Å²) in [5, 5.41) is 9.48. The summed E-state index contributed by atoms with van der Waals surface area (Å²) >= 11 is 5.85. The molecular formula is C19H14ClN3O. The number of rotatable bonds is 4. The largest absolute Gasteiger partial charge is 0.290 e. The predicted molar refractivity (Wildman–Crippen MR) is 94.8 cm³/mol. The van der Waals surface area contributed by atoms with E-state index in [1.54, 1.807) is 0 Å². The highest BCUT2D eigenvalue weighted by atomic mass is 35.5. The molecule has 4 nitrogen and oxygen atoms in total. The molecule has 0 aliphatic rings.